The summed E-state index contributed by atoms with van der Waals surface area (Å²) < 4.78 is 0. The molecule has 0 N–H and O–H groups in total. The van der Waals surface area contributed by atoms with E-state index in [1.165, 1.54) is 90.3 Å². The van der Waals surface area contributed by atoms with Crippen molar-refractivity contribution >= 4 is 6.08 Å². The van der Waals surface area contributed by atoms with Gasteiger partial charge >= 0.3 is 0 Å². The summed E-state index contributed by atoms with van der Waals surface area (Å²) in [4.78, 5) is 0. The van der Waals surface area contributed by atoms with Gasteiger partial charge in [-0.05, 0) is 97.1 Å². The zero-order valence-corrected chi connectivity index (χ0v) is 21.3. The average molecular weight is 449 g/mol. The van der Waals surface area contributed by atoms with Crippen molar-refractivity contribution in [2.45, 2.75) is 78.1 Å². The summed E-state index contributed by atoms with van der Waals surface area (Å²) in [5.41, 5.74) is 15.0. The van der Waals surface area contributed by atoms with Crippen LogP contribution in [0.3, 0.4) is 0 Å². The minimum Gasteiger partial charge on any atom is -0.0989 e. The highest BCUT2D eigenvalue weighted by Crippen LogP contribution is 2.57. The molecule has 2 atom stereocenters. The Morgan fingerprint density at radius 1 is 0.824 bits per heavy atom. The molecule has 0 aliphatic heterocycles. The van der Waals surface area contributed by atoms with Crippen LogP contribution in [0.1, 0.15) is 79.2 Å². The van der Waals surface area contributed by atoms with E-state index in [0.717, 1.165) is 30.6 Å². The largest absolute Gasteiger partial charge is 0.0989 e. The predicted molar refractivity (Wildman–Crippen MR) is 146 cm³/mol. The first-order valence-electron chi connectivity index (χ1n) is 13.8. The van der Waals surface area contributed by atoms with Crippen molar-refractivity contribution in [1.82, 2.24) is 0 Å². The molecule has 34 heavy (non-hydrogen) atoms. The standard InChI is InChI=1S/C34H40/c1-21-15-22(2)31(18-25-9-6-5-7-10-25)34(16-21)30-12-8-11-27-17-26(20-33(27)30)19-32-23(3)28-13-14-29(28)24(32)4/h8,11-12,15-17,25,28-29,32H,3-7,9-10,13-14,18-20H2,1-2H3. The van der Waals surface area contributed by atoms with Crippen LogP contribution in [0.15, 0.2) is 60.2 Å². The first-order chi connectivity index (χ1) is 16.5. The van der Waals surface area contributed by atoms with Crippen LogP contribution in [0.25, 0.3) is 17.2 Å². The Bertz CT molecular complexity index is 1160. The normalized spacial score (nSPS) is 26.3. The molecule has 0 amide bonds. The van der Waals surface area contributed by atoms with Crippen LogP contribution in [-0.2, 0) is 12.8 Å². The van der Waals surface area contributed by atoms with Gasteiger partial charge in [0, 0.05) is 5.92 Å². The molecule has 0 aromatic heterocycles. The second kappa shape index (κ2) is 8.71. The zero-order chi connectivity index (χ0) is 23.4. The number of fused-ring (bicyclic) bond motifs is 2. The van der Waals surface area contributed by atoms with E-state index in [0.29, 0.717) is 5.92 Å². The summed E-state index contributed by atoms with van der Waals surface area (Å²) in [5.74, 6) is 2.82. The van der Waals surface area contributed by atoms with Gasteiger partial charge in [0.25, 0.3) is 0 Å². The topological polar surface area (TPSA) is 0 Å². The van der Waals surface area contributed by atoms with Crippen molar-refractivity contribution < 1.29 is 0 Å². The number of rotatable bonds is 5. The molecule has 0 bridgehead atoms. The quantitative estimate of drug-likeness (QED) is 0.400. The SMILES string of the molecule is C=C1C(CC2=Cc3cccc(-c4cc(C)cc(C)c4CC4CCCCC4)c3C2)C(=C)C2CCC12. The van der Waals surface area contributed by atoms with Gasteiger partial charge in [0.05, 0.1) is 0 Å². The lowest BCUT2D eigenvalue weighted by atomic mass is 9.74. The van der Waals surface area contributed by atoms with E-state index in [4.69, 9.17) is 0 Å². The molecule has 2 aromatic carbocycles. The number of hydrogen-bond donors (Lipinski definition) is 0. The summed E-state index contributed by atoms with van der Waals surface area (Å²) in [6.45, 7) is 13.7. The van der Waals surface area contributed by atoms with Gasteiger partial charge in [0.2, 0.25) is 0 Å². The lowest BCUT2D eigenvalue weighted by Crippen LogP contribution is -2.20. The highest BCUT2D eigenvalue weighted by molar-refractivity contribution is 5.80. The number of aryl methyl sites for hydroxylation is 2. The second-order valence-corrected chi connectivity index (χ2v) is 11.9. The van der Waals surface area contributed by atoms with Gasteiger partial charge in [0.15, 0.2) is 0 Å². The first kappa shape index (κ1) is 22.1. The highest BCUT2D eigenvalue weighted by atomic mass is 14.5. The summed E-state index contributed by atoms with van der Waals surface area (Å²) >= 11 is 0. The minimum absolute atomic E-state index is 0.504. The summed E-state index contributed by atoms with van der Waals surface area (Å²) in [7, 11) is 0. The molecule has 4 aliphatic carbocycles. The van der Waals surface area contributed by atoms with Crippen molar-refractivity contribution in [2.24, 2.45) is 23.7 Å². The van der Waals surface area contributed by atoms with Crippen molar-refractivity contribution in [3.05, 3.63) is 88.0 Å². The third-order valence-corrected chi connectivity index (χ3v) is 9.69. The van der Waals surface area contributed by atoms with E-state index in [1.54, 1.807) is 16.7 Å². The van der Waals surface area contributed by atoms with Crippen LogP contribution in [-0.4, -0.2) is 0 Å². The molecule has 0 nitrogen and oxygen atoms in total. The van der Waals surface area contributed by atoms with E-state index >= 15 is 0 Å². The summed E-state index contributed by atoms with van der Waals surface area (Å²) in [6.07, 6.45) is 15.7. The third kappa shape index (κ3) is 3.74. The van der Waals surface area contributed by atoms with Crippen LogP contribution in [0.5, 0.6) is 0 Å². The lowest BCUT2D eigenvalue weighted by Gasteiger charge is -2.30. The maximum Gasteiger partial charge on any atom is 0.00449 e. The number of allylic oxidation sites excluding steroid dienone is 3. The monoisotopic (exact) mass is 448 g/mol. The van der Waals surface area contributed by atoms with Crippen LogP contribution in [0.2, 0.25) is 0 Å². The Labute approximate surface area is 206 Å². The fourth-order valence-corrected chi connectivity index (χ4v) is 7.67. The predicted octanol–water partition coefficient (Wildman–Crippen LogP) is 9.19. The van der Waals surface area contributed by atoms with E-state index in [1.807, 2.05) is 0 Å². The Kier molecular flexibility index (Phi) is 5.67. The van der Waals surface area contributed by atoms with Crippen molar-refractivity contribution in [3.63, 3.8) is 0 Å². The van der Waals surface area contributed by atoms with Crippen molar-refractivity contribution in [1.29, 1.82) is 0 Å². The Morgan fingerprint density at radius 2 is 1.56 bits per heavy atom. The second-order valence-electron chi connectivity index (χ2n) is 11.9. The fraction of sp³-hybridized carbons (Fsp3) is 0.471. The maximum absolute atomic E-state index is 4.52. The molecule has 0 saturated heterocycles. The van der Waals surface area contributed by atoms with Crippen LogP contribution >= 0.6 is 0 Å². The molecule has 3 fully saturated rings. The molecular weight excluding hydrogens is 408 g/mol. The van der Waals surface area contributed by atoms with Gasteiger partial charge in [-0.15, -0.1) is 0 Å². The van der Waals surface area contributed by atoms with Crippen molar-refractivity contribution in [2.75, 3.05) is 0 Å². The maximum atomic E-state index is 4.52. The Balaban J connectivity index is 1.30. The number of hydrogen-bond acceptors (Lipinski definition) is 0. The molecule has 0 spiro atoms. The molecule has 2 unspecified atom stereocenters. The fourth-order valence-electron chi connectivity index (χ4n) is 7.67. The zero-order valence-electron chi connectivity index (χ0n) is 21.3. The van der Waals surface area contributed by atoms with Gasteiger partial charge in [-0.25, -0.2) is 0 Å². The summed E-state index contributed by atoms with van der Waals surface area (Å²) in [6, 6.07) is 11.9. The Morgan fingerprint density at radius 3 is 2.26 bits per heavy atom. The molecule has 0 heteroatoms. The van der Waals surface area contributed by atoms with Gasteiger partial charge in [-0.1, -0.05) is 104 Å². The highest BCUT2D eigenvalue weighted by Gasteiger charge is 2.46. The molecule has 176 valence electrons. The molecule has 4 aliphatic rings. The Hall–Kier alpha value is -2.34. The van der Waals surface area contributed by atoms with Gasteiger partial charge in [-0.2, -0.15) is 0 Å². The number of benzene rings is 2. The average Bonchev–Trinajstić information content (AvgIpc) is 3.27. The smallest absolute Gasteiger partial charge is 0.00449 e. The molecule has 2 aromatic rings. The third-order valence-electron chi connectivity index (χ3n) is 9.69. The van der Waals surface area contributed by atoms with Crippen LogP contribution in [0, 0.1) is 37.5 Å². The van der Waals surface area contributed by atoms with E-state index in [2.05, 4.69) is 63.4 Å². The van der Waals surface area contributed by atoms with Crippen LogP contribution in [0.4, 0.5) is 0 Å². The van der Waals surface area contributed by atoms with E-state index in [9.17, 15) is 0 Å². The minimum atomic E-state index is 0.504. The lowest BCUT2D eigenvalue weighted by molar-refractivity contribution is 0.287. The van der Waals surface area contributed by atoms with E-state index in [-0.39, 0.29) is 0 Å². The molecule has 0 heterocycles. The molecule has 3 saturated carbocycles. The van der Waals surface area contributed by atoms with Gasteiger partial charge < -0.3 is 0 Å². The van der Waals surface area contributed by atoms with Gasteiger partial charge in [-0.3, -0.25) is 0 Å². The molecule has 6 rings (SSSR count). The van der Waals surface area contributed by atoms with E-state index < -0.39 is 0 Å². The van der Waals surface area contributed by atoms with Gasteiger partial charge in [0.1, 0.15) is 0 Å². The summed E-state index contributed by atoms with van der Waals surface area (Å²) in [5, 5.41) is 0. The molecule has 0 radical (unpaired) electrons. The van der Waals surface area contributed by atoms with Crippen molar-refractivity contribution in [3.8, 4) is 11.1 Å². The van der Waals surface area contributed by atoms with Crippen LogP contribution < -0.4 is 0 Å². The molecular formula is C34H40. The first-order valence-corrected chi connectivity index (χ1v) is 13.8.